The zero-order valence-electron chi connectivity index (χ0n) is 10.9. The molecule has 1 aliphatic rings. The van der Waals surface area contributed by atoms with Gasteiger partial charge in [0.25, 0.3) is 0 Å². The summed E-state index contributed by atoms with van der Waals surface area (Å²) in [5.74, 6) is 0.648. The van der Waals surface area contributed by atoms with Gasteiger partial charge in [-0.3, -0.25) is 4.90 Å². The lowest BCUT2D eigenvalue weighted by Gasteiger charge is -2.33. The van der Waals surface area contributed by atoms with E-state index >= 15 is 0 Å². The van der Waals surface area contributed by atoms with Crippen molar-refractivity contribution in [1.29, 1.82) is 5.26 Å². The second-order valence-corrected chi connectivity index (χ2v) is 4.67. The van der Waals surface area contributed by atoms with Crippen molar-refractivity contribution in [3.05, 3.63) is 29.3 Å². The number of hydrogen-bond donors (Lipinski definition) is 1. The fourth-order valence-electron chi connectivity index (χ4n) is 2.29. The lowest BCUT2D eigenvalue weighted by atomic mass is 10.1. The third kappa shape index (κ3) is 2.81. The lowest BCUT2D eigenvalue weighted by molar-refractivity contribution is 0.165. The van der Waals surface area contributed by atoms with Crippen molar-refractivity contribution in [2.24, 2.45) is 0 Å². The van der Waals surface area contributed by atoms with E-state index in [1.807, 2.05) is 18.2 Å². The maximum Gasteiger partial charge on any atom is 0.136 e. The topological polar surface area (TPSA) is 48.3 Å². The average Bonchev–Trinajstić information content (AvgIpc) is 2.41. The molecule has 0 aromatic heterocycles. The molecule has 0 amide bonds. The Hall–Kier alpha value is -1.57. The van der Waals surface area contributed by atoms with Gasteiger partial charge in [0.05, 0.1) is 12.7 Å². The van der Waals surface area contributed by atoms with Gasteiger partial charge in [0.2, 0.25) is 0 Å². The molecular formula is C14H19N3O. The standard InChI is InChI=1S/C14H19N3O/c1-11-9-16-5-6-17(11)10-12-3-4-14(18-2)13(7-12)8-15/h3-4,7,11,16H,5-6,9-10H2,1-2H3/t11-/m1/s1. The summed E-state index contributed by atoms with van der Waals surface area (Å²) in [6, 6.07) is 8.55. The van der Waals surface area contributed by atoms with Gasteiger partial charge >= 0.3 is 0 Å². The van der Waals surface area contributed by atoms with E-state index in [1.54, 1.807) is 7.11 Å². The largest absolute Gasteiger partial charge is 0.495 e. The van der Waals surface area contributed by atoms with Crippen molar-refractivity contribution in [3.8, 4) is 11.8 Å². The highest BCUT2D eigenvalue weighted by molar-refractivity contribution is 5.45. The Morgan fingerprint density at radius 1 is 1.56 bits per heavy atom. The first-order chi connectivity index (χ1) is 8.74. The van der Waals surface area contributed by atoms with Gasteiger partial charge in [-0.1, -0.05) is 6.07 Å². The van der Waals surface area contributed by atoms with Crippen molar-refractivity contribution in [3.63, 3.8) is 0 Å². The van der Waals surface area contributed by atoms with E-state index in [0.29, 0.717) is 17.4 Å². The van der Waals surface area contributed by atoms with E-state index in [1.165, 1.54) is 5.56 Å². The smallest absolute Gasteiger partial charge is 0.136 e. The Bertz CT molecular complexity index is 453. The molecule has 1 heterocycles. The number of benzene rings is 1. The summed E-state index contributed by atoms with van der Waals surface area (Å²) in [5.41, 5.74) is 1.78. The number of nitrogens with one attached hydrogen (secondary N) is 1. The van der Waals surface area contributed by atoms with E-state index in [0.717, 1.165) is 26.2 Å². The number of hydrogen-bond acceptors (Lipinski definition) is 4. The van der Waals surface area contributed by atoms with Crippen molar-refractivity contribution in [2.45, 2.75) is 19.5 Å². The normalized spacial score (nSPS) is 20.4. The highest BCUT2D eigenvalue weighted by Crippen LogP contribution is 2.20. The maximum absolute atomic E-state index is 9.08. The molecule has 2 rings (SSSR count). The molecule has 1 saturated heterocycles. The maximum atomic E-state index is 9.08. The van der Waals surface area contributed by atoms with Gasteiger partial charge in [0.15, 0.2) is 0 Å². The fourth-order valence-corrected chi connectivity index (χ4v) is 2.29. The summed E-state index contributed by atoms with van der Waals surface area (Å²) in [4.78, 5) is 2.43. The Balaban J connectivity index is 2.12. The van der Waals surface area contributed by atoms with Gasteiger partial charge in [-0.05, 0) is 24.6 Å². The molecule has 4 heteroatoms. The van der Waals surface area contributed by atoms with E-state index in [9.17, 15) is 0 Å². The number of piperazine rings is 1. The molecule has 0 unspecified atom stereocenters. The first kappa shape index (κ1) is 12.9. The van der Waals surface area contributed by atoms with E-state index < -0.39 is 0 Å². The molecule has 0 radical (unpaired) electrons. The number of rotatable bonds is 3. The first-order valence-corrected chi connectivity index (χ1v) is 6.26. The molecular weight excluding hydrogens is 226 g/mol. The van der Waals surface area contributed by atoms with Crippen molar-refractivity contribution < 1.29 is 4.74 Å². The molecule has 18 heavy (non-hydrogen) atoms. The summed E-state index contributed by atoms with van der Waals surface area (Å²) >= 11 is 0. The van der Waals surface area contributed by atoms with Gasteiger partial charge in [0, 0.05) is 32.2 Å². The van der Waals surface area contributed by atoms with Crippen LogP contribution in [0.15, 0.2) is 18.2 Å². The summed E-state index contributed by atoms with van der Waals surface area (Å²) in [5, 5.41) is 12.5. The molecule has 0 spiro atoms. The zero-order chi connectivity index (χ0) is 13.0. The molecule has 0 bridgehead atoms. The highest BCUT2D eigenvalue weighted by Gasteiger charge is 2.18. The van der Waals surface area contributed by atoms with E-state index in [4.69, 9.17) is 10.00 Å². The van der Waals surface area contributed by atoms with Crippen molar-refractivity contribution >= 4 is 0 Å². The van der Waals surface area contributed by atoms with Gasteiger partial charge in [-0.2, -0.15) is 5.26 Å². The molecule has 1 aliphatic heterocycles. The molecule has 1 N–H and O–H groups in total. The number of methoxy groups -OCH3 is 1. The minimum absolute atomic E-state index is 0.534. The van der Waals surface area contributed by atoms with Crippen molar-refractivity contribution in [2.75, 3.05) is 26.7 Å². The minimum Gasteiger partial charge on any atom is -0.495 e. The van der Waals surface area contributed by atoms with Crippen LogP contribution in [-0.4, -0.2) is 37.7 Å². The Morgan fingerprint density at radius 3 is 3.06 bits per heavy atom. The van der Waals surface area contributed by atoms with Crippen LogP contribution in [-0.2, 0) is 6.54 Å². The van der Waals surface area contributed by atoms with Gasteiger partial charge in [-0.15, -0.1) is 0 Å². The quantitative estimate of drug-likeness (QED) is 0.873. The van der Waals surface area contributed by atoms with Crippen LogP contribution in [0.4, 0.5) is 0 Å². The third-order valence-corrected chi connectivity index (χ3v) is 3.41. The van der Waals surface area contributed by atoms with Crippen LogP contribution in [0.5, 0.6) is 5.75 Å². The van der Waals surface area contributed by atoms with Crippen LogP contribution in [0.3, 0.4) is 0 Å². The first-order valence-electron chi connectivity index (χ1n) is 6.26. The number of nitriles is 1. The van der Waals surface area contributed by atoms with E-state index in [2.05, 4.69) is 23.2 Å². The van der Waals surface area contributed by atoms with Gasteiger partial charge < -0.3 is 10.1 Å². The van der Waals surface area contributed by atoms with Gasteiger partial charge in [0.1, 0.15) is 11.8 Å². The number of nitrogens with zero attached hydrogens (tertiary/aromatic N) is 2. The molecule has 1 aromatic carbocycles. The molecule has 0 saturated carbocycles. The van der Waals surface area contributed by atoms with Crippen LogP contribution in [0, 0.1) is 11.3 Å². The zero-order valence-corrected chi connectivity index (χ0v) is 10.9. The van der Waals surface area contributed by atoms with Crippen LogP contribution < -0.4 is 10.1 Å². The predicted molar refractivity (Wildman–Crippen MR) is 70.5 cm³/mol. The van der Waals surface area contributed by atoms with Gasteiger partial charge in [-0.25, -0.2) is 0 Å². The van der Waals surface area contributed by atoms with Crippen LogP contribution in [0.2, 0.25) is 0 Å². The monoisotopic (exact) mass is 245 g/mol. The molecule has 1 atom stereocenters. The molecule has 1 aromatic rings. The second-order valence-electron chi connectivity index (χ2n) is 4.67. The molecule has 0 aliphatic carbocycles. The summed E-state index contributed by atoms with van der Waals surface area (Å²) < 4.78 is 5.16. The lowest BCUT2D eigenvalue weighted by Crippen LogP contribution is -2.49. The fraction of sp³-hybridized carbons (Fsp3) is 0.500. The number of ether oxygens (including phenoxy) is 1. The molecule has 4 nitrogen and oxygen atoms in total. The third-order valence-electron chi connectivity index (χ3n) is 3.41. The minimum atomic E-state index is 0.534. The Morgan fingerprint density at radius 2 is 2.39 bits per heavy atom. The summed E-state index contributed by atoms with van der Waals surface area (Å²) in [7, 11) is 1.59. The van der Waals surface area contributed by atoms with Crippen LogP contribution in [0.25, 0.3) is 0 Å². The summed E-state index contributed by atoms with van der Waals surface area (Å²) in [6.45, 7) is 6.23. The average molecular weight is 245 g/mol. The van der Waals surface area contributed by atoms with Crippen LogP contribution in [0.1, 0.15) is 18.1 Å². The predicted octanol–water partition coefficient (Wildman–Crippen LogP) is 1.36. The Kier molecular flexibility index (Phi) is 4.19. The van der Waals surface area contributed by atoms with Crippen molar-refractivity contribution in [1.82, 2.24) is 10.2 Å². The second kappa shape index (κ2) is 5.85. The summed E-state index contributed by atoms with van der Waals surface area (Å²) in [6.07, 6.45) is 0. The van der Waals surface area contributed by atoms with Crippen LogP contribution >= 0.6 is 0 Å². The Labute approximate surface area is 108 Å². The highest BCUT2D eigenvalue weighted by atomic mass is 16.5. The van der Waals surface area contributed by atoms with E-state index in [-0.39, 0.29) is 0 Å². The molecule has 96 valence electrons. The SMILES string of the molecule is COc1ccc(CN2CCNC[C@H]2C)cc1C#N. The molecule has 1 fully saturated rings.